The lowest BCUT2D eigenvalue weighted by Crippen LogP contribution is -2.35. The van der Waals surface area contributed by atoms with Crippen molar-refractivity contribution in [3.05, 3.63) is 47.9 Å². The fourth-order valence-corrected chi connectivity index (χ4v) is 4.49. The highest BCUT2D eigenvalue weighted by atomic mass is 32.2. The van der Waals surface area contributed by atoms with E-state index in [9.17, 15) is 0 Å². The van der Waals surface area contributed by atoms with E-state index in [1.807, 2.05) is 23.6 Å². The van der Waals surface area contributed by atoms with Gasteiger partial charge in [0, 0.05) is 42.2 Å². The fraction of sp³-hybridized carbons (Fsp3) is 0.278. The van der Waals surface area contributed by atoms with E-state index >= 15 is 0 Å². The van der Waals surface area contributed by atoms with Gasteiger partial charge >= 0.3 is 0 Å². The Morgan fingerprint density at radius 1 is 1.19 bits per heavy atom. The number of aromatic nitrogens is 4. The molecule has 7 nitrogen and oxygen atoms in total. The molecular formula is C18H17N7S2. The highest BCUT2D eigenvalue weighted by molar-refractivity contribution is 7.99. The molecule has 0 unspecified atom stereocenters. The van der Waals surface area contributed by atoms with Crippen molar-refractivity contribution < 1.29 is 0 Å². The maximum atomic E-state index is 8.88. The summed E-state index contributed by atoms with van der Waals surface area (Å²) in [5.41, 5.74) is 0.593. The lowest BCUT2D eigenvalue weighted by molar-refractivity contribution is 0.585. The molecule has 0 atom stereocenters. The fourth-order valence-electron chi connectivity index (χ4n) is 2.88. The number of pyridine rings is 1. The molecule has 1 aliphatic rings. The summed E-state index contributed by atoms with van der Waals surface area (Å²) in [6, 6.07) is 7.82. The first-order chi connectivity index (χ1) is 13.3. The third-order valence-electron chi connectivity index (χ3n) is 4.24. The molecule has 1 aliphatic heterocycles. The number of piperidine rings is 1. The van der Waals surface area contributed by atoms with E-state index in [1.54, 1.807) is 41.8 Å². The Bertz CT molecular complexity index is 914. The first-order valence-corrected chi connectivity index (χ1v) is 10.3. The van der Waals surface area contributed by atoms with E-state index in [4.69, 9.17) is 5.26 Å². The van der Waals surface area contributed by atoms with Crippen LogP contribution in [0.3, 0.4) is 0 Å². The number of nitriles is 1. The van der Waals surface area contributed by atoms with Gasteiger partial charge in [0.2, 0.25) is 0 Å². The molecule has 1 N–H and O–H groups in total. The average Bonchev–Trinajstić information content (AvgIpc) is 3.22. The molecule has 0 saturated carbocycles. The van der Waals surface area contributed by atoms with E-state index in [0.717, 1.165) is 47.7 Å². The normalized spacial score (nSPS) is 14.7. The number of hydrogen-bond acceptors (Lipinski definition) is 9. The first kappa shape index (κ1) is 17.7. The van der Waals surface area contributed by atoms with Gasteiger partial charge in [-0.1, -0.05) is 0 Å². The van der Waals surface area contributed by atoms with Crippen molar-refractivity contribution in [2.75, 3.05) is 23.3 Å². The zero-order chi connectivity index (χ0) is 18.5. The summed E-state index contributed by atoms with van der Waals surface area (Å²) in [6.07, 6.45) is 7.11. The predicted octanol–water partition coefficient (Wildman–Crippen LogP) is 3.70. The van der Waals surface area contributed by atoms with Crippen LogP contribution in [0.2, 0.25) is 0 Å². The van der Waals surface area contributed by atoms with Gasteiger partial charge in [0.05, 0.1) is 5.56 Å². The minimum absolute atomic E-state index is 0.516. The molecule has 0 amide bonds. The van der Waals surface area contributed by atoms with Gasteiger partial charge in [0.25, 0.3) is 0 Å². The van der Waals surface area contributed by atoms with Crippen LogP contribution in [0.5, 0.6) is 0 Å². The standard InChI is InChI=1S/C18H17N7S2/c19-10-13-1-2-16(21-11-13)25-6-3-14(4-7-25)27-17-9-15(22-12-23-17)24-18-20-5-8-26-18/h1-2,5,8-9,11-12,14H,3-4,6-7H2,(H,20,22,23,24). The Hall–Kier alpha value is -2.70. The highest BCUT2D eigenvalue weighted by Gasteiger charge is 2.21. The zero-order valence-electron chi connectivity index (χ0n) is 14.4. The van der Waals surface area contributed by atoms with Crippen molar-refractivity contribution in [1.82, 2.24) is 19.9 Å². The smallest absolute Gasteiger partial charge is 0.188 e. The lowest BCUT2D eigenvalue weighted by Gasteiger charge is -2.32. The minimum Gasteiger partial charge on any atom is -0.357 e. The Balaban J connectivity index is 1.33. The van der Waals surface area contributed by atoms with Gasteiger partial charge in [-0.2, -0.15) is 5.26 Å². The summed E-state index contributed by atoms with van der Waals surface area (Å²) in [7, 11) is 0. The van der Waals surface area contributed by atoms with E-state index in [1.165, 1.54) is 0 Å². The predicted molar refractivity (Wildman–Crippen MR) is 107 cm³/mol. The highest BCUT2D eigenvalue weighted by Crippen LogP contribution is 2.31. The third kappa shape index (κ3) is 4.53. The summed E-state index contributed by atoms with van der Waals surface area (Å²) in [5.74, 6) is 1.70. The number of thioether (sulfide) groups is 1. The molecule has 1 saturated heterocycles. The summed E-state index contributed by atoms with van der Waals surface area (Å²) in [4.78, 5) is 19.5. The third-order valence-corrected chi connectivity index (χ3v) is 6.20. The van der Waals surface area contributed by atoms with Crippen LogP contribution in [0.25, 0.3) is 0 Å². The van der Waals surface area contributed by atoms with Gasteiger partial charge in [0.15, 0.2) is 5.13 Å². The van der Waals surface area contributed by atoms with Crippen molar-refractivity contribution in [3.63, 3.8) is 0 Å². The Morgan fingerprint density at radius 2 is 2.07 bits per heavy atom. The van der Waals surface area contributed by atoms with Crippen molar-refractivity contribution in [3.8, 4) is 6.07 Å². The number of thiazole rings is 1. The molecule has 136 valence electrons. The number of rotatable bonds is 5. The van der Waals surface area contributed by atoms with Crippen LogP contribution in [-0.4, -0.2) is 38.3 Å². The molecule has 4 rings (SSSR count). The maximum absolute atomic E-state index is 8.88. The minimum atomic E-state index is 0.516. The second-order valence-electron chi connectivity index (χ2n) is 6.02. The molecule has 4 heterocycles. The average molecular weight is 396 g/mol. The summed E-state index contributed by atoms with van der Waals surface area (Å²) in [6.45, 7) is 1.90. The van der Waals surface area contributed by atoms with Crippen LogP contribution in [0.4, 0.5) is 16.8 Å². The van der Waals surface area contributed by atoms with Gasteiger partial charge in [-0.25, -0.2) is 19.9 Å². The quantitative estimate of drug-likeness (QED) is 0.654. The molecule has 0 radical (unpaired) electrons. The van der Waals surface area contributed by atoms with Crippen LogP contribution < -0.4 is 10.2 Å². The monoisotopic (exact) mass is 395 g/mol. The van der Waals surface area contributed by atoms with E-state index in [-0.39, 0.29) is 0 Å². The SMILES string of the molecule is N#Cc1ccc(N2CCC(Sc3cc(Nc4nccs4)ncn3)CC2)nc1. The number of nitrogens with one attached hydrogen (secondary N) is 1. The van der Waals surface area contributed by atoms with Crippen molar-refractivity contribution in [1.29, 1.82) is 5.26 Å². The molecule has 3 aromatic heterocycles. The summed E-state index contributed by atoms with van der Waals surface area (Å²) in [5, 5.41) is 16.3. The van der Waals surface area contributed by atoms with Gasteiger partial charge in [0.1, 0.15) is 29.1 Å². The van der Waals surface area contributed by atoms with Crippen LogP contribution >= 0.6 is 23.1 Å². The van der Waals surface area contributed by atoms with E-state index < -0.39 is 0 Å². The second-order valence-corrected chi connectivity index (χ2v) is 8.24. The molecule has 0 aliphatic carbocycles. The summed E-state index contributed by atoms with van der Waals surface area (Å²) >= 11 is 3.34. The van der Waals surface area contributed by atoms with Gasteiger partial charge in [-0.05, 0) is 25.0 Å². The van der Waals surface area contributed by atoms with Crippen LogP contribution in [0.1, 0.15) is 18.4 Å². The number of anilines is 3. The Kier molecular flexibility index (Phi) is 5.46. The van der Waals surface area contributed by atoms with Crippen LogP contribution in [0.15, 0.2) is 47.3 Å². The molecule has 0 spiro atoms. The number of nitrogens with zero attached hydrogens (tertiary/aromatic N) is 6. The van der Waals surface area contributed by atoms with E-state index in [0.29, 0.717) is 10.8 Å². The molecule has 3 aromatic rings. The molecule has 9 heteroatoms. The topological polar surface area (TPSA) is 90.6 Å². The number of hydrogen-bond donors (Lipinski definition) is 1. The lowest BCUT2D eigenvalue weighted by atomic mass is 10.1. The Labute approximate surface area is 165 Å². The van der Waals surface area contributed by atoms with Crippen molar-refractivity contribution in [2.24, 2.45) is 0 Å². The molecular weight excluding hydrogens is 378 g/mol. The molecule has 1 fully saturated rings. The summed E-state index contributed by atoms with van der Waals surface area (Å²) < 4.78 is 0. The zero-order valence-corrected chi connectivity index (χ0v) is 16.1. The van der Waals surface area contributed by atoms with Crippen LogP contribution in [-0.2, 0) is 0 Å². The molecule has 0 aromatic carbocycles. The second kappa shape index (κ2) is 8.33. The molecule has 0 bridgehead atoms. The van der Waals surface area contributed by atoms with Crippen molar-refractivity contribution >= 4 is 39.9 Å². The van der Waals surface area contributed by atoms with Gasteiger partial charge in [-0.15, -0.1) is 23.1 Å². The first-order valence-electron chi connectivity index (χ1n) is 8.56. The Morgan fingerprint density at radius 3 is 2.78 bits per heavy atom. The van der Waals surface area contributed by atoms with E-state index in [2.05, 4.69) is 36.2 Å². The van der Waals surface area contributed by atoms with Crippen LogP contribution in [0, 0.1) is 11.3 Å². The molecule has 27 heavy (non-hydrogen) atoms. The van der Waals surface area contributed by atoms with Crippen molar-refractivity contribution in [2.45, 2.75) is 23.1 Å². The largest absolute Gasteiger partial charge is 0.357 e. The van der Waals surface area contributed by atoms with Gasteiger partial charge < -0.3 is 10.2 Å². The van der Waals surface area contributed by atoms with Gasteiger partial charge in [-0.3, -0.25) is 0 Å². The maximum Gasteiger partial charge on any atom is 0.188 e.